The van der Waals surface area contributed by atoms with Gasteiger partial charge in [-0.15, -0.1) is 11.3 Å². The van der Waals surface area contributed by atoms with Gasteiger partial charge >= 0.3 is 0 Å². The van der Waals surface area contributed by atoms with Crippen LogP contribution in [0, 0.1) is 20.8 Å². The molecule has 4 rings (SSSR count). The molecule has 1 aliphatic heterocycles. The summed E-state index contributed by atoms with van der Waals surface area (Å²) in [6.07, 6.45) is 4.96. The maximum absolute atomic E-state index is 12.8. The van der Waals surface area contributed by atoms with E-state index in [1.165, 1.54) is 0 Å². The second-order valence-electron chi connectivity index (χ2n) is 7.45. The lowest BCUT2D eigenvalue weighted by atomic mass is 9.97. The fourth-order valence-corrected chi connectivity index (χ4v) is 4.85. The molecule has 0 aromatic carbocycles. The van der Waals surface area contributed by atoms with Gasteiger partial charge in [0.05, 0.1) is 21.3 Å². The number of pyridine rings is 1. The van der Waals surface area contributed by atoms with Crippen LogP contribution in [0.15, 0.2) is 29.5 Å². The molecule has 1 saturated heterocycles. The van der Waals surface area contributed by atoms with E-state index in [9.17, 15) is 9.59 Å². The molecule has 1 fully saturated rings. The summed E-state index contributed by atoms with van der Waals surface area (Å²) in [5.41, 5.74) is 3.49. The summed E-state index contributed by atoms with van der Waals surface area (Å²) in [6.45, 7) is 6.98. The van der Waals surface area contributed by atoms with Crippen LogP contribution in [0.3, 0.4) is 0 Å². The number of hydrogen-bond donors (Lipinski definition) is 1. The number of aromatic amines is 1. The van der Waals surface area contributed by atoms with Gasteiger partial charge in [0.2, 0.25) is 0 Å². The lowest BCUT2D eigenvalue weighted by molar-refractivity contribution is 0.0711. The van der Waals surface area contributed by atoms with Crippen LogP contribution in [0.2, 0.25) is 0 Å². The number of hydrogen-bond acceptors (Lipinski definition) is 6. The van der Waals surface area contributed by atoms with Crippen LogP contribution in [0.25, 0.3) is 10.6 Å². The lowest BCUT2D eigenvalue weighted by Gasteiger charge is -2.31. The van der Waals surface area contributed by atoms with Crippen LogP contribution in [0.5, 0.6) is 0 Å². The van der Waals surface area contributed by atoms with Gasteiger partial charge in [-0.25, -0.2) is 15.0 Å². The highest BCUT2D eigenvalue weighted by Gasteiger charge is 2.28. The monoisotopic (exact) mass is 409 g/mol. The van der Waals surface area contributed by atoms with E-state index in [0.717, 1.165) is 45.4 Å². The molecule has 29 heavy (non-hydrogen) atoms. The maximum atomic E-state index is 12.8. The van der Waals surface area contributed by atoms with Crippen LogP contribution in [-0.4, -0.2) is 43.8 Å². The van der Waals surface area contributed by atoms with Crippen molar-refractivity contribution in [2.45, 2.75) is 39.5 Å². The Balaban J connectivity index is 1.47. The van der Waals surface area contributed by atoms with E-state index in [4.69, 9.17) is 4.98 Å². The van der Waals surface area contributed by atoms with E-state index in [-0.39, 0.29) is 17.0 Å². The minimum atomic E-state index is -0.315. The van der Waals surface area contributed by atoms with Crippen molar-refractivity contribution in [1.82, 2.24) is 24.8 Å². The molecule has 0 saturated carbocycles. The first-order valence-electron chi connectivity index (χ1n) is 9.67. The summed E-state index contributed by atoms with van der Waals surface area (Å²) in [5, 5.41) is 1.09. The molecule has 8 heteroatoms. The summed E-state index contributed by atoms with van der Waals surface area (Å²) in [6, 6.07) is 3.59. The van der Waals surface area contributed by atoms with Crippen LogP contribution < -0.4 is 5.56 Å². The Morgan fingerprint density at radius 1 is 1.24 bits per heavy atom. The molecule has 4 heterocycles. The SMILES string of the molecule is Cc1cc(C(=O)N2CCC(c3nc(C)c(-c4ccncn4)s3)CC2)c(=O)[nH]c1C. The van der Waals surface area contributed by atoms with Gasteiger partial charge in [-0.3, -0.25) is 9.59 Å². The highest BCUT2D eigenvalue weighted by molar-refractivity contribution is 7.15. The van der Waals surface area contributed by atoms with E-state index >= 15 is 0 Å². The molecule has 3 aromatic rings. The smallest absolute Gasteiger partial charge is 0.261 e. The van der Waals surface area contributed by atoms with Crippen molar-refractivity contribution in [3.8, 4) is 10.6 Å². The number of rotatable bonds is 3. The zero-order chi connectivity index (χ0) is 20.5. The van der Waals surface area contributed by atoms with Crippen LogP contribution in [0.4, 0.5) is 0 Å². The highest BCUT2D eigenvalue weighted by Crippen LogP contribution is 2.36. The van der Waals surface area contributed by atoms with Crippen molar-refractivity contribution in [3.05, 3.63) is 62.5 Å². The Morgan fingerprint density at radius 3 is 2.69 bits per heavy atom. The second kappa shape index (κ2) is 7.87. The molecule has 3 aromatic heterocycles. The molecule has 0 bridgehead atoms. The fraction of sp³-hybridized carbons (Fsp3) is 0.381. The van der Waals surface area contributed by atoms with E-state index in [1.807, 2.05) is 26.8 Å². The zero-order valence-electron chi connectivity index (χ0n) is 16.7. The van der Waals surface area contributed by atoms with Gasteiger partial charge in [0.1, 0.15) is 11.9 Å². The Hall–Kier alpha value is -2.87. The van der Waals surface area contributed by atoms with E-state index in [2.05, 4.69) is 15.0 Å². The third-order valence-corrected chi connectivity index (χ3v) is 6.83. The first kappa shape index (κ1) is 19.4. The molecular weight excluding hydrogens is 386 g/mol. The van der Waals surface area contributed by atoms with Crippen molar-refractivity contribution in [2.24, 2.45) is 0 Å². The van der Waals surface area contributed by atoms with Crippen LogP contribution in [0.1, 0.15) is 51.1 Å². The van der Waals surface area contributed by atoms with Crippen molar-refractivity contribution >= 4 is 17.2 Å². The molecule has 1 amide bonds. The van der Waals surface area contributed by atoms with Crippen molar-refractivity contribution in [1.29, 1.82) is 0 Å². The predicted octanol–water partition coefficient (Wildman–Crippen LogP) is 3.23. The van der Waals surface area contributed by atoms with Crippen LogP contribution in [-0.2, 0) is 0 Å². The number of likely N-dealkylation sites (tertiary alicyclic amines) is 1. The number of thiazole rings is 1. The highest BCUT2D eigenvalue weighted by atomic mass is 32.1. The summed E-state index contributed by atoms with van der Waals surface area (Å²) in [7, 11) is 0. The van der Waals surface area contributed by atoms with Gasteiger partial charge in [-0.1, -0.05) is 0 Å². The standard InChI is InChI=1S/C21H23N5O2S/c1-12-10-16(19(27)24-13(12)2)21(28)26-8-5-15(6-9-26)20-25-14(3)18(29-20)17-4-7-22-11-23-17/h4,7,10-11,15H,5-6,8-9H2,1-3H3,(H,24,27). The largest absolute Gasteiger partial charge is 0.338 e. The first-order chi connectivity index (χ1) is 13.9. The van der Waals surface area contributed by atoms with Crippen molar-refractivity contribution in [2.75, 3.05) is 13.1 Å². The molecule has 0 unspecified atom stereocenters. The third kappa shape index (κ3) is 3.85. The Morgan fingerprint density at radius 2 is 2.00 bits per heavy atom. The maximum Gasteiger partial charge on any atom is 0.261 e. The molecule has 7 nitrogen and oxygen atoms in total. The third-order valence-electron chi connectivity index (χ3n) is 5.49. The Labute approximate surface area is 172 Å². The van der Waals surface area contributed by atoms with Gasteiger partial charge in [0, 0.05) is 30.9 Å². The number of aromatic nitrogens is 4. The Kier molecular flexibility index (Phi) is 5.27. The Bertz CT molecular complexity index is 1100. The average molecular weight is 410 g/mol. The summed E-state index contributed by atoms with van der Waals surface area (Å²) in [5.74, 6) is 0.126. The van der Waals surface area contributed by atoms with Crippen molar-refractivity contribution < 1.29 is 4.79 Å². The predicted molar refractivity (Wildman–Crippen MR) is 112 cm³/mol. The van der Waals surface area contributed by atoms with Gasteiger partial charge in [-0.05, 0) is 51.3 Å². The van der Waals surface area contributed by atoms with E-state index in [0.29, 0.717) is 19.0 Å². The molecule has 1 aliphatic rings. The average Bonchev–Trinajstić information content (AvgIpc) is 3.12. The van der Waals surface area contributed by atoms with Gasteiger partial charge in [-0.2, -0.15) is 0 Å². The fourth-order valence-electron chi connectivity index (χ4n) is 3.64. The van der Waals surface area contributed by atoms with Crippen LogP contribution >= 0.6 is 11.3 Å². The number of H-pyrrole nitrogens is 1. The number of nitrogens with zero attached hydrogens (tertiary/aromatic N) is 4. The molecular formula is C21H23N5O2S. The molecule has 0 aliphatic carbocycles. The summed E-state index contributed by atoms with van der Waals surface area (Å²) in [4.78, 5) is 43.8. The number of amides is 1. The number of piperidine rings is 1. The molecule has 0 atom stereocenters. The molecule has 150 valence electrons. The topological polar surface area (TPSA) is 91.8 Å². The quantitative estimate of drug-likeness (QED) is 0.717. The lowest BCUT2D eigenvalue weighted by Crippen LogP contribution is -2.40. The van der Waals surface area contributed by atoms with Gasteiger partial charge in [0.15, 0.2) is 0 Å². The van der Waals surface area contributed by atoms with Gasteiger partial charge in [0.25, 0.3) is 11.5 Å². The minimum absolute atomic E-state index is 0.190. The minimum Gasteiger partial charge on any atom is -0.338 e. The molecule has 0 spiro atoms. The number of carbonyl (C=O) groups excluding carboxylic acids is 1. The molecule has 1 N–H and O–H groups in total. The van der Waals surface area contributed by atoms with Gasteiger partial charge < -0.3 is 9.88 Å². The number of aryl methyl sites for hydroxylation is 3. The summed E-state index contributed by atoms with van der Waals surface area (Å²) < 4.78 is 0. The number of carbonyl (C=O) groups is 1. The second-order valence-corrected chi connectivity index (χ2v) is 8.48. The first-order valence-corrected chi connectivity index (χ1v) is 10.5. The summed E-state index contributed by atoms with van der Waals surface area (Å²) >= 11 is 1.67. The number of nitrogens with one attached hydrogen (secondary N) is 1. The van der Waals surface area contributed by atoms with Crippen molar-refractivity contribution in [3.63, 3.8) is 0 Å². The zero-order valence-corrected chi connectivity index (χ0v) is 17.5. The molecule has 0 radical (unpaired) electrons. The van der Waals surface area contributed by atoms with E-state index < -0.39 is 0 Å². The van der Waals surface area contributed by atoms with E-state index in [1.54, 1.807) is 34.8 Å². The normalized spacial score (nSPS) is 14.9.